The first-order chi connectivity index (χ1) is 27.2. The number of aromatic nitrogens is 3. The quantitative estimate of drug-likeness (QED) is 0.190. The molecule has 2 aromatic heterocycles. The van der Waals surface area contributed by atoms with E-state index in [9.17, 15) is 14.3 Å². The number of piperidine rings is 1. The van der Waals surface area contributed by atoms with E-state index in [4.69, 9.17) is 30.6 Å². The Bertz CT molecular complexity index is 2210. The number of phenolic OH excluding ortho intramolecular Hbond substituents is 1. The fourth-order valence-corrected chi connectivity index (χ4v) is 10.7. The number of fused-ring (bicyclic) bond motifs is 3. The van der Waals surface area contributed by atoms with Gasteiger partial charge in [-0.05, 0) is 87.9 Å². The van der Waals surface area contributed by atoms with Crippen LogP contribution < -0.4 is 9.64 Å². The molecule has 3 saturated heterocycles. The van der Waals surface area contributed by atoms with Crippen molar-refractivity contribution in [2.75, 3.05) is 70.6 Å². The highest BCUT2D eigenvalue weighted by Gasteiger charge is 2.55. The molecule has 11 nitrogen and oxygen atoms in total. The van der Waals surface area contributed by atoms with Gasteiger partial charge >= 0.3 is 12.1 Å². The van der Waals surface area contributed by atoms with Crippen LogP contribution in [0.25, 0.3) is 32.9 Å². The van der Waals surface area contributed by atoms with Crippen LogP contribution in [0, 0.1) is 40.7 Å². The summed E-state index contributed by atoms with van der Waals surface area (Å²) in [7, 11) is 0. The second-order valence-electron chi connectivity index (χ2n) is 16.6. The maximum Gasteiger partial charge on any atom is 0.409 e. The summed E-state index contributed by atoms with van der Waals surface area (Å²) < 4.78 is 49.6. The predicted octanol–water partition coefficient (Wildman–Crippen LogP) is 6.92. The van der Waals surface area contributed by atoms with Crippen molar-refractivity contribution >= 4 is 33.6 Å². The van der Waals surface area contributed by atoms with Crippen molar-refractivity contribution in [3.05, 3.63) is 47.7 Å². The molecule has 294 valence electrons. The zero-order valence-electron chi connectivity index (χ0n) is 31.9. The first-order valence-electron chi connectivity index (χ1n) is 20.1. The van der Waals surface area contributed by atoms with Crippen LogP contribution >= 0.6 is 0 Å². The lowest BCUT2D eigenvalue weighted by Gasteiger charge is -2.60. The van der Waals surface area contributed by atoms with Gasteiger partial charge in [0.15, 0.2) is 5.82 Å². The molecule has 2 saturated carbocycles. The fraction of sp³-hybridized carbons (Fsp3) is 0.535. The summed E-state index contributed by atoms with van der Waals surface area (Å²) in [5.41, 5.74) is 0.232. The predicted molar refractivity (Wildman–Crippen MR) is 208 cm³/mol. The highest BCUT2D eigenvalue weighted by Crippen LogP contribution is 2.54. The van der Waals surface area contributed by atoms with Crippen molar-refractivity contribution in [2.24, 2.45) is 16.7 Å². The Labute approximate surface area is 325 Å². The molecule has 2 aliphatic carbocycles. The summed E-state index contributed by atoms with van der Waals surface area (Å²) >= 11 is 0. The van der Waals surface area contributed by atoms with Gasteiger partial charge in [0.25, 0.3) is 0 Å². The number of benzene rings is 2. The van der Waals surface area contributed by atoms with Gasteiger partial charge in [-0.2, -0.15) is 9.97 Å². The standard InChI is InChI=1S/C43H48F2N6O5/c1-3-30-33(44)10-9-28-18-29(52)19-31(35(28)30)37-36(45)38-32(22-46-37)39(49-14-7-16-54-17-15-49)48-40(47-38)56-26-43-11-5-8-34(43)50(13-6-12-43)23-27-20-42(21-27)24-51(25-42)41(53)55-4-2/h1,9-10,18-19,22,27,34,52H,4-8,11-17,20-21,23-26H2,2H3. The van der Waals surface area contributed by atoms with Gasteiger partial charge in [-0.15, -0.1) is 6.42 Å². The van der Waals surface area contributed by atoms with Gasteiger partial charge < -0.3 is 29.1 Å². The lowest BCUT2D eigenvalue weighted by Crippen LogP contribution is -2.65. The number of anilines is 1. The number of pyridine rings is 1. The van der Waals surface area contributed by atoms with Crippen LogP contribution in [0.3, 0.4) is 0 Å². The average Bonchev–Trinajstić information content (AvgIpc) is 3.41. The number of nitrogens with zero attached hydrogens (tertiary/aromatic N) is 6. The number of amides is 1. The van der Waals surface area contributed by atoms with Gasteiger partial charge in [0, 0.05) is 73.3 Å². The van der Waals surface area contributed by atoms with Crippen molar-refractivity contribution in [2.45, 2.75) is 64.3 Å². The summed E-state index contributed by atoms with van der Waals surface area (Å²) in [4.78, 5) is 32.9. The van der Waals surface area contributed by atoms with Crippen molar-refractivity contribution in [3.63, 3.8) is 0 Å². The molecule has 13 heteroatoms. The lowest BCUT2D eigenvalue weighted by atomic mass is 9.57. The van der Waals surface area contributed by atoms with E-state index in [1.807, 2.05) is 11.8 Å². The normalized spacial score (nSPS) is 23.7. The number of likely N-dealkylation sites (tertiary alicyclic amines) is 2. The van der Waals surface area contributed by atoms with Crippen molar-refractivity contribution in [1.29, 1.82) is 0 Å². The number of carbonyl (C=O) groups is 1. The zero-order valence-corrected chi connectivity index (χ0v) is 31.9. The van der Waals surface area contributed by atoms with Crippen LogP contribution in [0.5, 0.6) is 11.8 Å². The Hall–Kier alpha value is -4.80. The number of terminal acetylenes is 1. The molecular formula is C43H48F2N6O5. The zero-order chi connectivity index (χ0) is 38.6. The van der Waals surface area contributed by atoms with Gasteiger partial charge in [0.2, 0.25) is 0 Å². The maximum atomic E-state index is 17.0. The Kier molecular flexibility index (Phi) is 9.60. The van der Waals surface area contributed by atoms with E-state index in [-0.39, 0.29) is 56.4 Å². The number of phenols is 1. The molecule has 2 aromatic carbocycles. The lowest BCUT2D eigenvalue weighted by molar-refractivity contribution is -0.101. The minimum atomic E-state index is -0.739. The van der Waals surface area contributed by atoms with Crippen LogP contribution in [0.1, 0.15) is 63.9 Å². The molecule has 9 rings (SSSR count). The van der Waals surface area contributed by atoms with Gasteiger partial charge in [-0.25, -0.2) is 13.6 Å². The molecule has 1 N–H and O–H groups in total. The summed E-state index contributed by atoms with van der Waals surface area (Å²) in [6.45, 7) is 8.71. The van der Waals surface area contributed by atoms with Gasteiger partial charge in [0.1, 0.15) is 28.6 Å². The van der Waals surface area contributed by atoms with Crippen LogP contribution in [0.2, 0.25) is 0 Å². The first kappa shape index (κ1) is 36.8. The molecule has 0 radical (unpaired) electrons. The molecule has 1 spiro atoms. The van der Waals surface area contributed by atoms with Crippen LogP contribution in [0.15, 0.2) is 30.5 Å². The van der Waals surface area contributed by atoms with Crippen molar-refractivity contribution in [3.8, 4) is 35.4 Å². The second-order valence-corrected chi connectivity index (χ2v) is 16.6. The largest absolute Gasteiger partial charge is 0.508 e. The Morgan fingerprint density at radius 3 is 2.75 bits per heavy atom. The molecule has 1 amide bonds. The van der Waals surface area contributed by atoms with Crippen LogP contribution in [-0.2, 0) is 9.47 Å². The Morgan fingerprint density at radius 1 is 1.09 bits per heavy atom. The number of rotatable bonds is 8. The molecule has 2 unspecified atom stereocenters. The summed E-state index contributed by atoms with van der Waals surface area (Å²) in [5, 5.41) is 11.8. The fourth-order valence-electron chi connectivity index (χ4n) is 10.7. The number of aromatic hydroxyl groups is 1. The van der Waals surface area contributed by atoms with E-state index in [0.29, 0.717) is 68.1 Å². The monoisotopic (exact) mass is 766 g/mol. The Morgan fingerprint density at radius 2 is 1.93 bits per heavy atom. The molecule has 2 atom stereocenters. The topological polar surface area (TPSA) is 113 Å². The number of carbonyl (C=O) groups excluding carboxylic acids is 1. The number of ether oxygens (including phenoxy) is 3. The summed E-state index contributed by atoms with van der Waals surface area (Å²) in [5.74, 6) is 2.04. The van der Waals surface area contributed by atoms with Crippen molar-refractivity contribution in [1.82, 2.24) is 24.8 Å². The van der Waals surface area contributed by atoms with Crippen LogP contribution in [-0.4, -0.2) is 108 Å². The highest BCUT2D eigenvalue weighted by molar-refractivity contribution is 6.03. The first-order valence-corrected chi connectivity index (χ1v) is 20.1. The number of hydrogen-bond donors (Lipinski definition) is 1. The molecule has 0 bridgehead atoms. The molecule has 3 aliphatic heterocycles. The molecule has 5 aliphatic rings. The van der Waals surface area contributed by atoms with Gasteiger partial charge in [-0.3, -0.25) is 9.88 Å². The third-order valence-corrected chi connectivity index (χ3v) is 13.0. The Balaban J connectivity index is 1.00. The van der Waals surface area contributed by atoms with E-state index in [2.05, 4.69) is 20.7 Å². The smallest absolute Gasteiger partial charge is 0.409 e. The van der Waals surface area contributed by atoms with Gasteiger partial charge in [-0.1, -0.05) is 18.4 Å². The van der Waals surface area contributed by atoms with E-state index in [0.717, 1.165) is 77.5 Å². The van der Waals surface area contributed by atoms with Gasteiger partial charge in [0.05, 0.1) is 30.8 Å². The third-order valence-electron chi connectivity index (χ3n) is 13.0. The molecule has 4 aromatic rings. The average molecular weight is 767 g/mol. The van der Waals surface area contributed by atoms with E-state index < -0.39 is 11.6 Å². The van der Waals surface area contributed by atoms with E-state index in [1.54, 1.807) is 0 Å². The summed E-state index contributed by atoms with van der Waals surface area (Å²) in [6.07, 6.45) is 15.5. The second kappa shape index (κ2) is 14.6. The molecule has 56 heavy (non-hydrogen) atoms. The molecular weight excluding hydrogens is 719 g/mol. The number of halogens is 2. The highest BCUT2D eigenvalue weighted by atomic mass is 19.1. The maximum absolute atomic E-state index is 17.0. The third kappa shape index (κ3) is 6.44. The molecule has 5 fully saturated rings. The summed E-state index contributed by atoms with van der Waals surface area (Å²) in [6, 6.07) is 6.03. The SMILES string of the molecule is C#Cc1c(F)ccc2cc(O)cc(-c3ncc4c(N5CCCOCC5)nc(OCC56CCCC5N(CC5CC7(C5)CN(C(=O)OCC)C7)CCC6)nc4c3F)c12. The van der Waals surface area contributed by atoms with E-state index in [1.165, 1.54) is 30.5 Å². The molecule has 5 heterocycles. The van der Waals surface area contributed by atoms with E-state index >= 15 is 4.39 Å². The van der Waals surface area contributed by atoms with Crippen LogP contribution in [0.4, 0.5) is 19.4 Å². The van der Waals surface area contributed by atoms with Crippen molar-refractivity contribution < 1.29 is 32.9 Å². The minimum Gasteiger partial charge on any atom is -0.508 e. The number of hydrogen-bond acceptors (Lipinski definition) is 10. The minimum absolute atomic E-state index is 0.0255.